The highest BCUT2D eigenvalue weighted by atomic mass is 16.6. The minimum atomic E-state index is -1.25. The van der Waals surface area contributed by atoms with Gasteiger partial charge < -0.3 is 14.7 Å². The third-order valence-electron chi connectivity index (χ3n) is 5.95. The predicted molar refractivity (Wildman–Crippen MR) is 118 cm³/mol. The summed E-state index contributed by atoms with van der Waals surface area (Å²) in [5, 5.41) is 29.5. The van der Waals surface area contributed by atoms with Crippen LogP contribution in [0.15, 0.2) is 69.6 Å². The number of allylic oxidation sites excluding steroid dienone is 2. The SMILES string of the molecule is COC(=O)C1=C(C)N(Cc2ccccc2[N+](=O)[O-])C(C)=C(C(=O)O)C1c1cccc2nonc12. The Balaban J connectivity index is 1.96. The number of aliphatic carboxylic acids is 1. The number of para-hydroxylation sites is 1. The van der Waals surface area contributed by atoms with E-state index in [1.54, 1.807) is 55.1 Å². The van der Waals surface area contributed by atoms with Gasteiger partial charge in [-0.25, -0.2) is 14.2 Å². The lowest BCUT2D eigenvalue weighted by Crippen LogP contribution is -2.34. The molecule has 0 aliphatic carbocycles. The topological polar surface area (TPSA) is 149 Å². The Labute approximate surface area is 193 Å². The van der Waals surface area contributed by atoms with Gasteiger partial charge in [-0.2, -0.15) is 0 Å². The molecule has 34 heavy (non-hydrogen) atoms. The van der Waals surface area contributed by atoms with Crippen molar-refractivity contribution in [1.29, 1.82) is 0 Å². The molecule has 3 aromatic rings. The fourth-order valence-corrected chi connectivity index (χ4v) is 4.36. The molecule has 174 valence electrons. The standard InChI is InChI=1S/C23H20N4O7/c1-12-18(22(28)29)20(15-8-6-9-16-21(15)25-34-24-16)19(23(30)33-3)13(2)26(12)11-14-7-4-5-10-17(14)27(31)32/h4-10,20H,11H2,1-3H3,(H,28,29). The normalized spacial score (nSPS) is 16.2. The quantitative estimate of drug-likeness (QED) is 0.326. The van der Waals surface area contributed by atoms with Gasteiger partial charge in [0.1, 0.15) is 11.0 Å². The summed E-state index contributed by atoms with van der Waals surface area (Å²) in [6.07, 6.45) is 0. The minimum Gasteiger partial charge on any atom is -0.478 e. The molecular weight excluding hydrogens is 444 g/mol. The van der Waals surface area contributed by atoms with Crippen molar-refractivity contribution < 1.29 is 29.0 Å². The van der Waals surface area contributed by atoms with Gasteiger partial charge in [-0.1, -0.05) is 30.3 Å². The van der Waals surface area contributed by atoms with Crippen LogP contribution in [0.1, 0.15) is 30.9 Å². The number of carboxylic acid groups (broad SMARTS) is 1. The number of ether oxygens (including phenoxy) is 1. The molecule has 0 spiro atoms. The van der Waals surface area contributed by atoms with Crippen molar-refractivity contribution in [2.45, 2.75) is 26.3 Å². The largest absolute Gasteiger partial charge is 0.478 e. The monoisotopic (exact) mass is 464 g/mol. The zero-order valence-corrected chi connectivity index (χ0v) is 18.5. The number of nitro groups is 1. The number of nitrogens with zero attached hydrogens (tertiary/aromatic N) is 4. The number of benzene rings is 2. The molecule has 0 saturated heterocycles. The van der Waals surface area contributed by atoms with Crippen LogP contribution in [0.3, 0.4) is 0 Å². The van der Waals surface area contributed by atoms with Gasteiger partial charge in [-0.05, 0) is 35.8 Å². The van der Waals surface area contributed by atoms with Crippen molar-refractivity contribution in [3.63, 3.8) is 0 Å². The fourth-order valence-electron chi connectivity index (χ4n) is 4.36. The summed E-state index contributed by atoms with van der Waals surface area (Å²) in [6.45, 7) is 3.23. The molecule has 0 fully saturated rings. The highest BCUT2D eigenvalue weighted by molar-refractivity contribution is 6.00. The first kappa shape index (κ1) is 22.6. The molecule has 0 amide bonds. The van der Waals surface area contributed by atoms with Gasteiger partial charge in [-0.3, -0.25) is 10.1 Å². The molecule has 0 saturated carbocycles. The average molecular weight is 464 g/mol. The molecule has 1 N–H and O–H groups in total. The van der Waals surface area contributed by atoms with Gasteiger partial charge in [0.2, 0.25) is 0 Å². The van der Waals surface area contributed by atoms with Crippen LogP contribution < -0.4 is 0 Å². The van der Waals surface area contributed by atoms with Crippen LogP contribution in [0.25, 0.3) is 11.0 Å². The molecule has 4 rings (SSSR count). The molecule has 1 atom stereocenters. The molecule has 1 aliphatic heterocycles. The summed E-state index contributed by atoms with van der Waals surface area (Å²) < 4.78 is 9.86. The highest BCUT2D eigenvalue weighted by Gasteiger charge is 2.41. The molecule has 0 bridgehead atoms. The van der Waals surface area contributed by atoms with Crippen molar-refractivity contribution in [2.24, 2.45) is 0 Å². The van der Waals surface area contributed by atoms with Gasteiger partial charge in [0.15, 0.2) is 0 Å². The summed E-state index contributed by atoms with van der Waals surface area (Å²) in [5.74, 6) is -3.00. The number of methoxy groups -OCH3 is 1. The first-order valence-electron chi connectivity index (χ1n) is 10.2. The summed E-state index contributed by atoms with van der Waals surface area (Å²) in [7, 11) is 1.20. The Morgan fingerprint density at radius 1 is 1.12 bits per heavy atom. The molecule has 11 heteroatoms. The number of aromatic nitrogens is 2. The van der Waals surface area contributed by atoms with E-state index in [0.29, 0.717) is 33.6 Å². The van der Waals surface area contributed by atoms with E-state index in [2.05, 4.69) is 10.3 Å². The van der Waals surface area contributed by atoms with E-state index in [1.807, 2.05) is 0 Å². The molecule has 1 unspecified atom stereocenters. The average Bonchev–Trinajstić information content (AvgIpc) is 3.30. The number of carbonyl (C=O) groups excluding carboxylic acids is 1. The van der Waals surface area contributed by atoms with E-state index in [-0.39, 0.29) is 23.4 Å². The first-order valence-corrected chi connectivity index (χ1v) is 10.2. The molecule has 1 aromatic heterocycles. The number of hydrogen-bond acceptors (Lipinski definition) is 9. The number of esters is 1. The van der Waals surface area contributed by atoms with Gasteiger partial charge in [0.05, 0.1) is 35.6 Å². The van der Waals surface area contributed by atoms with Crippen LogP contribution in [-0.2, 0) is 20.9 Å². The molecule has 2 heterocycles. The number of carbonyl (C=O) groups is 2. The minimum absolute atomic E-state index is 0.0193. The van der Waals surface area contributed by atoms with Crippen molar-refractivity contribution in [3.8, 4) is 0 Å². The van der Waals surface area contributed by atoms with Gasteiger partial charge in [0, 0.05) is 23.0 Å². The first-order chi connectivity index (χ1) is 16.3. The van der Waals surface area contributed by atoms with Crippen LogP contribution in [0, 0.1) is 10.1 Å². The lowest BCUT2D eigenvalue weighted by Gasteiger charge is -2.37. The summed E-state index contributed by atoms with van der Waals surface area (Å²) in [4.78, 5) is 38.1. The Kier molecular flexibility index (Phi) is 5.84. The number of fused-ring (bicyclic) bond motifs is 1. The lowest BCUT2D eigenvalue weighted by atomic mass is 9.79. The number of nitro benzene ring substituents is 1. The van der Waals surface area contributed by atoms with Crippen LogP contribution in [0.2, 0.25) is 0 Å². The van der Waals surface area contributed by atoms with Crippen molar-refractivity contribution in [2.75, 3.05) is 7.11 Å². The van der Waals surface area contributed by atoms with Crippen LogP contribution in [0.4, 0.5) is 5.69 Å². The molecule has 11 nitrogen and oxygen atoms in total. The van der Waals surface area contributed by atoms with Crippen LogP contribution in [0.5, 0.6) is 0 Å². The number of carboxylic acids is 1. The zero-order chi connectivity index (χ0) is 24.6. The molecule has 1 aliphatic rings. The van der Waals surface area contributed by atoms with E-state index < -0.39 is 22.8 Å². The maximum absolute atomic E-state index is 13.0. The second-order valence-corrected chi connectivity index (χ2v) is 7.68. The van der Waals surface area contributed by atoms with Gasteiger partial charge >= 0.3 is 11.9 Å². The second-order valence-electron chi connectivity index (χ2n) is 7.68. The molecule has 0 radical (unpaired) electrons. The third-order valence-corrected chi connectivity index (χ3v) is 5.95. The van der Waals surface area contributed by atoms with Gasteiger partial charge in [-0.15, -0.1) is 0 Å². The summed E-state index contributed by atoms with van der Waals surface area (Å²) in [6, 6.07) is 11.1. The highest BCUT2D eigenvalue weighted by Crippen LogP contribution is 2.44. The zero-order valence-electron chi connectivity index (χ0n) is 18.5. The van der Waals surface area contributed by atoms with Crippen molar-refractivity contribution in [1.82, 2.24) is 15.2 Å². The Bertz CT molecular complexity index is 1390. The Morgan fingerprint density at radius 3 is 2.50 bits per heavy atom. The smallest absolute Gasteiger partial charge is 0.336 e. The van der Waals surface area contributed by atoms with E-state index in [1.165, 1.54) is 13.2 Å². The summed E-state index contributed by atoms with van der Waals surface area (Å²) >= 11 is 0. The third kappa shape index (κ3) is 3.66. The molecule has 2 aromatic carbocycles. The number of hydrogen-bond donors (Lipinski definition) is 1. The predicted octanol–water partition coefficient (Wildman–Crippen LogP) is 3.54. The van der Waals surface area contributed by atoms with Crippen molar-refractivity contribution >= 4 is 28.7 Å². The van der Waals surface area contributed by atoms with E-state index in [9.17, 15) is 24.8 Å². The maximum Gasteiger partial charge on any atom is 0.336 e. The van der Waals surface area contributed by atoms with E-state index in [4.69, 9.17) is 9.37 Å². The Morgan fingerprint density at radius 2 is 1.82 bits per heavy atom. The van der Waals surface area contributed by atoms with Crippen molar-refractivity contribution in [3.05, 3.63) is 86.2 Å². The number of rotatable bonds is 6. The van der Waals surface area contributed by atoms with Gasteiger partial charge in [0.25, 0.3) is 5.69 Å². The van der Waals surface area contributed by atoms with E-state index >= 15 is 0 Å². The molecular formula is C23H20N4O7. The second kappa shape index (κ2) is 8.77. The fraction of sp³-hybridized carbons (Fsp3) is 0.217. The van der Waals surface area contributed by atoms with E-state index in [0.717, 1.165) is 0 Å². The van der Waals surface area contributed by atoms with Crippen LogP contribution in [-0.4, -0.2) is 44.3 Å². The van der Waals surface area contributed by atoms with Crippen LogP contribution >= 0.6 is 0 Å². The lowest BCUT2D eigenvalue weighted by molar-refractivity contribution is -0.385. The maximum atomic E-state index is 13.0. The Hall–Kier alpha value is -4.54. The summed E-state index contributed by atoms with van der Waals surface area (Å²) in [5.41, 5.74) is 2.13.